The van der Waals surface area contributed by atoms with E-state index < -0.39 is 0 Å². The van der Waals surface area contributed by atoms with E-state index in [1.807, 2.05) is 23.1 Å². The van der Waals surface area contributed by atoms with Crippen molar-refractivity contribution in [1.82, 2.24) is 5.32 Å². The number of amides is 2. The van der Waals surface area contributed by atoms with Gasteiger partial charge in [-0.15, -0.1) is 12.4 Å². The number of hydrogen-bond acceptors (Lipinski definition) is 3. The molecule has 1 unspecified atom stereocenters. The topological polar surface area (TPSA) is 61.4 Å². The quantitative estimate of drug-likeness (QED) is 0.849. The summed E-state index contributed by atoms with van der Waals surface area (Å²) in [6.07, 6.45) is 5.19. The predicted octanol–water partition coefficient (Wildman–Crippen LogP) is 2.74. The van der Waals surface area contributed by atoms with Gasteiger partial charge >= 0.3 is 0 Å². The molecule has 136 valence electrons. The number of carbonyl (C=O) groups excluding carboxylic acids is 2. The van der Waals surface area contributed by atoms with Crippen molar-refractivity contribution in [2.24, 2.45) is 11.3 Å². The number of aryl methyl sites for hydroxylation is 1. The second-order valence-electron chi connectivity index (χ2n) is 7.48. The highest BCUT2D eigenvalue weighted by Gasteiger charge is 2.57. The van der Waals surface area contributed by atoms with E-state index in [0.29, 0.717) is 0 Å². The summed E-state index contributed by atoms with van der Waals surface area (Å²) >= 11 is 0. The lowest BCUT2D eigenvalue weighted by Gasteiger charge is -2.29. The molecule has 1 saturated carbocycles. The third-order valence-corrected chi connectivity index (χ3v) is 5.95. The second-order valence-corrected chi connectivity index (χ2v) is 7.48. The molecule has 1 aliphatic carbocycles. The van der Waals surface area contributed by atoms with Gasteiger partial charge in [-0.2, -0.15) is 0 Å². The molecule has 1 atom stereocenters. The van der Waals surface area contributed by atoms with Gasteiger partial charge in [0.25, 0.3) is 0 Å². The third kappa shape index (κ3) is 3.40. The molecular formula is C19H26ClN3O2. The van der Waals surface area contributed by atoms with Gasteiger partial charge in [0.1, 0.15) is 0 Å². The molecule has 2 fully saturated rings. The average Bonchev–Trinajstić information content (AvgIpc) is 3.27. The van der Waals surface area contributed by atoms with Crippen molar-refractivity contribution in [3.63, 3.8) is 0 Å². The number of anilines is 2. The summed E-state index contributed by atoms with van der Waals surface area (Å²) in [6.45, 7) is 4.45. The number of halogens is 1. The van der Waals surface area contributed by atoms with Crippen LogP contribution in [0.4, 0.5) is 11.4 Å². The van der Waals surface area contributed by atoms with E-state index in [0.717, 1.165) is 68.7 Å². The van der Waals surface area contributed by atoms with E-state index >= 15 is 0 Å². The van der Waals surface area contributed by atoms with Crippen LogP contribution in [0, 0.1) is 11.3 Å². The smallest absolute Gasteiger partial charge is 0.228 e. The number of rotatable bonds is 2. The van der Waals surface area contributed by atoms with Crippen molar-refractivity contribution in [3.05, 3.63) is 23.8 Å². The maximum atomic E-state index is 12.6. The van der Waals surface area contributed by atoms with Gasteiger partial charge in [-0.3, -0.25) is 9.59 Å². The van der Waals surface area contributed by atoms with E-state index in [9.17, 15) is 9.59 Å². The predicted molar refractivity (Wildman–Crippen MR) is 101 cm³/mol. The summed E-state index contributed by atoms with van der Waals surface area (Å²) in [7, 11) is 0. The van der Waals surface area contributed by atoms with E-state index in [4.69, 9.17) is 0 Å². The van der Waals surface area contributed by atoms with Gasteiger partial charge in [-0.25, -0.2) is 0 Å². The summed E-state index contributed by atoms with van der Waals surface area (Å²) < 4.78 is 0. The molecular weight excluding hydrogens is 338 g/mol. The number of fused-ring (bicyclic) bond motifs is 1. The Morgan fingerprint density at radius 3 is 2.76 bits per heavy atom. The summed E-state index contributed by atoms with van der Waals surface area (Å²) in [5.41, 5.74) is 3.27. The second kappa shape index (κ2) is 6.96. The molecule has 1 saturated heterocycles. The van der Waals surface area contributed by atoms with Crippen LogP contribution in [0.5, 0.6) is 0 Å². The minimum absolute atomic E-state index is 0. The van der Waals surface area contributed by atoms with Crippen LogP contribution in [0.1, 0.15) is 38.2 Å². The average molecular weight is 364 g/mol. The first-order valence-electron chi connectivity index (χ1n) is 9.02. The van der Waals surface area contributed by atoms with Gasteiger partial charge in [-0.1, -0.05) is 0 Å². The van der Waals surface area contributed by atoms with E-state index in [1.165, 1.54) is 0 Å². The number of benzene rings is 1. The Balaban J connectivity index is 0.00000182. The first-order chi connectivity index (χ1) is 11.6. The van der Waals surface area contributed by atoms with Gasteiger partial charge in [-0.05, 0) is 74.4 Å². The Bertz CT molecular complexity index is 685. The Hall–Kier alpha value is -1.59. The number of nitrogens with zero attached hydrogens (tertiary/aromatic N) is 1. The van der Waals surface area contributed by atoms with Gasteiger partial charge < -0.3 is 15.5 Å². The number of nitrogens with one attached hydrogen (secondary N) is 2. The third-order valence-electron chi connectivity index (χ3n) is 5.95. The lowest BCUT2D eigenvalue weighted by atomic mass is 9.91. The fraction of sp³-hybridized carbons (Fsp3) is 0.579. The lowest BCUT2D eigenvalue weighted by Crippen LogP contribution is -2.33. The zero-order valence-electron chi connectivity index (χ0n) is 14.6. The van der Waals surface area contributed by atoms with Crippen LogP contribution in [-0.2, 0) is 16.0 Å². The number of piperidine rings is 1. The van der Waals surface area contributed by atoms with E-state index in [2.05, 4.69) is 10.6 Å². The Morgan fingerprint density at radius 1 is 1.28 bits per heavy atom. The minimum Gasteiger partial charge on any atom is -0.326 e. The molecule has 2 heterocycles. The molecule has 2 N–H and O–H groups in total. The van der Waals surface area contributed by atoms with Crippen LogP contribution in [-0.4, -0.2) is 31.4 Å². The maximum Gasteiger partial charge on any atom is 0.228 e. The lowest BCUT2D eigenvalue weighted by molar-refractivity contribution is -0.118. The van der Waals surface area contributed by atoms with Crippen LogP contribution in [0.3, 0.4) is 0 Å². The van der Waals surface area contributed by atoms with Gasteiger partial charge in [0.2, 0.25) is 11.8 Å². The molecule has 2 amide bonds. The zero-order valence-corrected chi connectivity index (χ0v) is 15.5. The van der Waals surface area contributed by atoms with Gasteiger partial charge in [0.05, 0.1) is 0 Å². The number of carbonyl (C=O) groups is 2. The van der Waals surface area contributed by atoms with Crippen LogP contribution in [0.25, 0.3) is 0 Å². The molecule has 2 aliphatic heterocycles. The first kappa shape index (κ1) is 18.2. The fourth-order valence-corrected chi connectivity index (χ4v) is 4.43. The number of hydrogen-bond donors (Lipinski definition) is 2. The summed E-state index contributed by atoms with van der Waals surface area (Å²) in [4.78, 5) is 26.2. The molecule has 1 aromatic carbocycles. The molecule has 0 aromatic heterocycles. The van der Waals surface area contributed by atoms with Gasteiger partial charge in [0, 0.05) is 30.8 Å². The molecule has 0 radical (unpaired) electrons. The van der Waals surface area contributed by atoms with Crippen molar-refractivity contribution >= 4 is 35.6 Å². The van der Waals surface area contributed by atoms with E-state index in [1.54, 1.807) is 6.92 Å². The van der Waals surface area contributed by atoms with Crippen molar-refractivity contribution < 1.29 is 9.59 Å². The molecule has 25 heavy (non-hydrogen) atoms. The normalized spacial score (nSPS) is 23.4. The molecule has 5 nitrogen and oxygen atoms in total. The van der Waals surface area contributed by atoms with E-state index in [-0.39, 0.29) is 35.6 Å². The monoisotopic (exact) mass is 363 g/mol. The highest BCUT2D eigenvalue weighted by Crippen LogP contribution is 2.58. The Labute approximate surface area is 154 Å². The van der Waals surface area contributed by atoms with Crippen molar-refractivity contribution in [3.8, 4) is 0 Å². The maximum absolute atomic E-state index is 12.6. The van der Waals surface area contributed by atoms with Gasteiger partial charge in [0.15, 0.2) is 0 Å². The minimum atomic E-state index is 0. The van der Waals surface area contributed by atoms with Crippen LogP contribution >= 0.6 is 12.4 Å². The highest BCUT2D eigenvalue weighted by atomic mass is 35.5. The summed E-state index contributed by atoms with van der Waals surface area (Å²) in [5.74, 6) is 0.416. The highest BCUT2D eigenvalue weighted by molar-refractivity contribution is 5.96. The molecule has 4 rings (SSSR count). The van der Waals surface area contributed by atoms with Crippen LogP contribution in [0.15, 0.2) is 18.2 Å². The standard InChI is InChI=1S/C19H25N3O2.ClH/c1-13(23)22-10-2-3-14-11-15(4-5-17(14)22)21-18(24)16-12-19(16)6-8-20-9-7-19;/h4-5,11,16,20H,2-3,6-10,12H2,1H3,(H,21,24);1H. The zero-order chi connectivity index (χ0) is 16.7. The fourth-order valence-electron chi connectivity index (χ4n) is 4.43. The summed E-state index contributed by atoms with van der Waals surface area (Å²) in [6, 6.07) is 5.94. The van der Waals surface area contributed by atoms with Crippen LogP contribution in [0.2, 0.25) is 0 Å². The summed E-state index contributed by atoms with van der Waals surface area (Å²) in [5, 5.41) is 6.48. The molecule has 1 aromatic rings. The Kier molecular flexibility index (Phi) is 5.07. The molecule has 6 heteroatoms. The molecule has 0 bridgehead atoms. The van der Waals surface area contributed by atoms with Crippen molar-refractivity contribution in [1.29, 1.82) is 0 Å². The Morgan fingerprint density at radius 2 is 2.04 bits per heavy atom. The first-order valence-corrected chi connectivity index (χ1v) is 9.02. The molecule has 3 aliphatic rings. The van der Waals surface area contributed by atoms with Crippen molar-refractivity contribution in [2.75, 3.05) is 29.9 Å². The van der Waals surface area contributed by atoms with Crippen molar-refractivity contribution in [2.45, 2.75) is 39.0 Å². The van der Waals surface area contributed by atoms with Crippen LogP contribution < -0.4 is 15.5 Å². The molecule has 1 spiro atoms. The SMILES string of the molecule is CC(=O)N1CCCc2cc(NC(=O)C3CC34CCNCC4)ccc21.Cl. The largest absolute Gasteiger partial charge is 0.326 e.